The lowest BCUT2D eigenvalue weighted by atomic mass is 9.86. The average molecular weight is 230 g/mol. The molecule has 1 aliphatic heterocycles. The van der Waals surface area contributed by atoms with Crippen LogP contribution in [-0.4, -0.2) is 17.5 Å². The summed E-state index contributed by atoms with van der Waals surface area (Å²) in [5, 5.41) is 0. The highest BCUT2D eigenvalue weighted by Crippen LogP contribution is 2.52. The monoisotopic (exact) mass is 230 g/mol. The van der Waals surface area contributed by atoms with Gasteiger partial charge in [0.2, 0.25) is 0 Å². The van der Waals surface area contributed by atoms with Crippen LogP contribution in [0, 0.1) is 0 Å². The molecule has 1 atom stereocenters. The largest absolute Gasteiger partial charge is 0.399 e. The van der Waals surface area contributed by atoms with Crippen molar-refractivity contribution in [2.75, 3.05) is 12.3 Å². The highest BCUT2D eigenvalue weighted by Gasteiger charge is 2.49. The standard InChI is InChI=1S/C15H22N2/c1-3-11(2)17-9-12-8-13(16)4-5-14(12)15(10-17)6-7-15/h4-5,8,11H,3,6-7,9-10,16H2,1-2H3. The molecule has 92 valence electrons. The molecular formula is C15H22N2. The lowest BCUT2D eigenvalue weighted by Gasteiger charge is -2.38. The molecule has 3 rings (SSSR count). The van der Waals surface area contributed by atoms with Crippen molar-refractivity contribution in [2.45, 2.75) is 51.1 Å². The Labute approximate surface area is 104 Å². The van der Waals surface area contributed by atoms with Crippen molar-refractivity contribution in [2.24, 2.45) is 0 Å². The number of nitrogen functional groups attached to an aromatic ring is 1. The van der Waals surface area contributed by atoms with Gasteiger partial charge in [0.25, 0.3) is 0 Å². The van der Waals surface area contributed by atoms with Gasteiger partial charge in [0.15, 0.2) is 0 Å². The van der Waals surface area contributed by atoms with Gasteiger partial charge in [-0.1, -0.05) is 13.0 Å². The minimum absolute atomic E-state index is 0.477. The highest BCUT2D eigenvalue weighted by atomic mass is 15.2. The quantitative estimate of drug-likeness (QED) is 0.792. The van der Waals surface area contributed by atoms with E-state index in [0.29, 0.717) is 11.5 Å². The Hall–Kier alpha value is -1.02. The van der Waals surface area contributed by atoms with Crippen molar-refractivity contribution in [1.82, 2.24) is 4.90 Å². The molecule has 2 N–H and O–H groups in total. The van der Waals surface area contributed by atoms with Crippen LogP contribution < -0.4 is 5.73 Å². The SMILES string of the molecule is CCC(C)N1Cc2cc(N)ccc2C2(CC2)C1. The predicted octanol–water partition coefficient (Wildman–Crippen LogP) is 2.91. The summed E-state index contributed by atoms with van der Waals surface area (Å²) in [6.45, 7) is 6.95. The zero-order chi connectivity index (χ0) is 12.0. The summed E-state index contributed by atoms with van der Waals surface area (Å²) in [5.41, 5.74) is 10.4. The predicted molar refractivity (Wildman–Crippen MR) is 71.9 cm³/mol. The van der Waals surface area contributed by atoms with Crippen LogP contribution in [0.15, 0.2) is 18.2 Å². The molecule has 1 aliphatic carbocycles. The Morgan fingerprint density at radius 2 is 2.18 bits per heavy atom. The van der Waals surface area contributed by atoms with E-state index < -0.39 is 0 Å². The summed E-state index contributed by atoms with van der Waals surface area (Å²) in [5.74, 6) is 0. The Kier molecular flexibility index (Phi) is 2.44. The first kappa shape index (κ1) is 11.1. The van der Waals surface area contributed by atoms with Gasteiger partial charge >= 0.3 is 0 Å². The van der Waals surface area contributed by atoms with E-state index in [0.717, 1.165) is 12.2 Å². The summed E-state index contributed by atoms with van der Waals surface area (Å²) in [7, 11) is 0. The minimum Gasteiger partial charge on any atom is -0.399 e. The van der Waals surface area contributed by atoms with Gasteiger partial charge in [-0.2, -0.15) is 0 Å². The molecule has 1 spiro atoms. The number of nitrogens with two attached hydrogens (primary N) is 1. The number of hydrogen-bond donors (Lipinski definition) is 1. The zero-order valence-corrected chi connectivity index (χ0v) is 10.9. The lowest BCUT2D eigenvalue weighted by molar-refractivity contribution is 0.162. The maximum atomic E-state index is 5.93. The molecule has 0 radical (unpaired) electrons. The highest BCUT2D eigenvalue weighted by molar-refractivity contribution is 5.50. The van der Waals surface area contributed by atoms with Crippen LogP contribution in [0.25, 0.3) is 0 Å². The maximum absolute atomic E-state index is 5.93. The summed E-state index contributed by atoms with van der Waals surface area (Å²) < 4.78 is 0. The van der Waals surface area contributed by atoms with Crippen molar-refractivity contribution in [3.8, 4) is 0 Å². The molecule has 0 amide bonds. The van der Waals surface area contributed by atoms with E-state index >= 15 is 0 Å². The van der Waals surface area contributed by atoms with Crippen LogP contribution >= 0.6 is 0 Å². The smallest absolute Gasteiger partial charge is 0.0317 e. The first-order valence-electron chi connectivity index (χ1n) is 6.77. The Morgan fingerprint density at radius 1 is 1.41 bits per heavy atom. The molecule has 1 unspecified atom stereocenters. The van der Waals surface area contributed by atoms with Gasteiger partial charge in [0.1, 0.15) is 0 Å². The minimum atomic E-state index is 0.477. The van der Waals surface area contributed by atoms with Crippen molar-refractivity contribution in [1.29, 1.82) is 0 Å². The van der Waals surface area contributed by atoms with Gasteiger partial charge in [0, 0.05) is 30.2 Å². The van der Waals surface area contributed by atoms with Crippen molar-refractivity contribution >= 4 is 5.69 Å². The molecule has 2 aliphatic rings. The Bertz CT molecular complexity index is 435. The first-order chi connectivity index (χ1) is 8.14. The van der Waals surface area contributed by atoms with E-state index in [9.17, 15) is 0 Å². The van der Waals surface area contributed by atoms with Gasteiger partial charge in [-0.05, 0) is 49.4 Å². The van der Waals surface area contributed by atoms with Gasteiger partial charge in [0.05, 0.1) is 0 Å². The third-order valence-electron chi connectivity index (χ3n) is 4.65. The molecule has 1 aromatic carbocycles. The van der Waals surface area contributed by atoms with Gasteiger partial charge in [-0.25, -0.2) is 0 Å². The van der Waals surface area contributed by atoms with Crippen LogP contribution in [0.5, 0.6) is 0 Å². The molecule has 2 nitrogen and oxygen atoms in total. The second kappa shape index (κ2) is 3.74. The number of hydrogen-bond acceptors (Lipinski definition) is 2. The molecule has 1 fully saturated rings. The Morgan fingerprint density at radius 3 is 2.82 bits per heavy atom. The zero-order valence-electron chi connectivity index (χ0n) is 10.9. The van der Waals surface area contributed by atoms with E-state index in [1.54, 1.807) is 5.56 Å². The van der Waals surface area contributed by atoms with E-state index in [2.05, 4.69) is 36.9 Å². The van der Waals surface area contributed by atoms with Crippen molar-refractivity contribution in [3.05, 3.63) is 29.3 Å². The molecule has 1 saturated carbocycles. The molecule has 1 aromatic rings. The van der Waals surface area contributed by atoms with Gasteiger partial charge < -0.3 is 5.73 Å². The fraction of sp³-hybridized carbons (Fsp3) is 0.600. The summed E-state index contributed by atoms with van der Waals surface area (Å²) in [6.07, 6.45) is 3.95. The summed E-state index contributed by atoms with van der Waals surface area (Å²) >= 11 is 0. The average Bonchev–Trinajstić information content (AvgIpc) is 3.07. The van der Waals surface area contributed by atoms with Gasteiger partial charge in [-0.3, -0.25) is 4.90 Å². The fourth-order valence-corrected chi connectivity index (χ4v) is 3.16. The normalized spacial score (nSPS) is 23.4. The molecule has 1 heterocycles. The summed E-state index contributed by atoms with van der Waals surface area (Å²) in [6, 6.07) is 7.20. The number of rotatable bonds is 2. The number of anilines is 1. The van der Waals surface area contributed by atoms with E-state index in [1.165, 1.54) is 31.4 Å². The molecule has 0 bridgehead atoms. The Balaban J connectivity index is 1.97. The van der Waals surface area contributed by atoms with Crippen LogP contribution in [-0.2, 0) is 12.0 Å². The van der Waals surface area contributed by atoms with E-state index in [4.69, 9.17) is 5.73 Å². The van der Waals surface area contributed by atoms with Gasteiger partial charge in [-0.15, -0.1) is 0 Å². The number of nitrogens with zero attached hydrogens (tertiary/aromatic N) is 1. The lowest BCUT2D eigenvalue weighted by Crippen LogP contribution is -2.42. The van der Waals surface area contributed by atoms with Crippen molar-refractivity contribution in [3.63, 3.8) is 0 Å². The fourth-order valence-electron chi connectivity index (χ4n) is 3.16. The van der Waals surface area contributed by atoms with E-state index in [-0.39, 0.29) is 0 Å². The molecule has 0 saturated heterocycles. The van der Waals surface area contributed by atoms with Crippen LogP contribution in [0.2, 0.25) is 0 Å². The third-order valence-corrected chi connectivity index (χ3v) is 4.65. The van der Waals surface area contributed by atoms with Crippen LogP contribution in [0.1, 0.15) is 44.2 Å². The number of fused-ring (bicyclic) bond motifs is 2. The molecule has 2 heteroatoms. The first-order valence-corrected chi connectivity index (χ1v) is 6.77. The molecule has 17 heavy (non-hydrogen) atoms. The van der Waals surface area contributed by atoms with Crippen molar-refractivity contribution < 1.29 is 0 Å². The second-order valence-corrected chi connectivity index (χ2v) is 5.86. The third kappa shape index (κ3) is 1.75. The van der Waals surface area contributed by atoms with Crippen LogP contribution in [0.3, 0.4) is 0 Å². The van der Waals surface area contributed by atoms with E-state index in [1.807, 2.05) is 0 Å². The topological polar surface area (TPSA) is 29.3 Å². The number of benzene rings is 1. The molecular weight excluding hydrogens is 208 g/mol. The van der Waals surface area contributed by atoms with Crippen LogP contribution in [0.4, 0.5) is 5.69 Å². The molecule has 0 aromatic heterocycles. The summed E-state index contributed by atoms with van der Waals surface area (Å²) in [4.78, 5) is 2.63. The second-order valence-electron chi connectivity index (χ2n) is 5.86. The maximum Gasteiger partial charge on any atom is 0.0317 e.